The first kappa shape index (κ1) is 13.2. The van der Waals surface area contributed by atoms with Crippen LogP contribution in [0.2, 0.25) is 0 Å². The predicted octanol–water partition coefficient (Wildman–Crippen LogP) is 4.13. The van der Waals surface area contributed by atoms with Crippen molar-refractivity contribution in [2.45, 2.75) is 39.2 Å². The van der Waals surface area contributed by atoms with Gasteiger partial charge in [-0.25, -0.2) is 4.98 Å². The van der Waals surface area contributed by atoms with Crippen LogP contribution in [0.5, 0.6) is 0 Å². The van der Waals surface area contributed by atoms with Crippen LogP contribution in [-0.4, -0.2) is 4.98 Å². The lowest BCUT2D eigenvalue weighted by atomic mass is 9.90. The van der Waals surface area contributed by atoms with Crippen LogP contribution < -0.4 is 5.73 Å². The summed E-state index contributed by atoms with van der Waals surface area (Å²) in [6, 6.07) is 10.3. The molecule has 0 radical (unpaired) electrons. The Morgan fingerprint density at radius 3 is 2.22 bits per heavy atom. The zero-order valence-corrected chi connectivity index (χ0v) is 12.2. The minimum absolute atomic E-state index is 0.0342. The molecule has 1 unspecified atom stereocenters. The van der Waals surface area contributed by atoms with Crippen molar-refractivity contribution < 1.29 is 0 Å². The van der Waals surface area contributed by atoms with Gasteiger partial charge in [0.2, 0.25) is 0 Å². The van der Waals surface area contributed by atoms with Crippen molar-refractivity contribution in [2.24, 2.45) is 5.73 Å². The van der Waals surface area contributed by atoms with Crippen molar-refractivity contribution >= 4 is 11.3 Å². The Balaban J connectivity index is 2.53. The van der Waals surface area contributed by atoms with Crippen LogP contribution in [0.3, 0.4) is 0 Å². The number of hydrogen-bond donors (Lipinski definition) is 1. The average molecular weight is 260 g/mol. The fourth-order valence-corrected chi connectivity index (χ4v) is 3.12. The highest BCUT2D eigenvalue weighted by Gasteiger charge is 2.25. The zero-order valence-electron chi connectivity index (χ0n) is 11.4. The minimum atomic E-state index is 0.0342. The molecule has 0 aliphatic carbocycles. The molecule has 2 N–H and O–H groups in total. The Labute approximate surface area is 113 Å². The van der Waals surface area contributed by atoms with Gasteiger partial charge in [0.05, 0.1) is 5.69 Å². The topological polar surface area (TPSA) is 38.9 Å². The number of aromatic nitrogens is 1. The van der Waals surface area contributed by atoms with E-state index < -0.39 is 0 Å². The Kier molecular flexibility index (Phi) is 3.55. The van der Waals surface area contributed by atoms with Crippen molar-refractivity contribution in [1.29, 1.82) is 0 Å². The summed E-state index contributed by atoms with van der Waals surface area (Å²) in [6.45, 7) is 8.58. The van der Waals surface area contributed by atoms with Crippen molar-refractivity contribution in [3.8, 4) is 10.6 Å². The van der Waals surface area contributed by atoms with Gasteiger partial charge in [-0.3, -0.25) is 0 Å². The summed E-state index contributed by atoms with van der Waals surface area (Å²) < 4.78 is 0. The third kappa shape index (κ3) is 2.62. The third-order valence-electron chi connectivity index (χ3n) is 2.80. The molecule has 1 aromatic heterocycles. The highest BCUT2D eigenvalue weighted by molar-refractivity contribution is 7.15. The van der Waals surface area contributed by atoms with Crippen molar-refractivity contribution in [3.05, 3.63) is 40.9 Å². The normalized spacial score (nSPS) is 13.6. The molecule has 0 aliphatic rings. The highest BCUT2D eigenvalue weighted by atomic mass is 32.1. The van der Waals surface area contributed by atoms with Gasteiger partial charge in [0, 0.05) is 21.9 Å². The van der Waals surface area contributed by atoms with Gasteiger partial charge in [-0.15, -0.1) is 11.3 Å². The van der Waals surface area contributed by atoms with Crippen LogP contribution >= 0.6 is 11.3 Å². The van der Waals surface area contributed by atoms with Gasteiger partial charge in [-0.05, 0) is 6.92 Å². The number of nitrogens with two attached hydrogens (primary N) is 1. The smallest absolute Gasteiger partial charge is 0.123 e. The molecule has 1 atom stereocenters. The maximum atomic E-state index is 6.07. The van der Waals surface area contributed by atoms with E-state index in [1.807, 2.05) is 25.1 Å². The number of thiazole rings is 1. The van der Waals surface area contributed by atoms with Gasteiger partial charge >= 0.3 is 0 Å². The fraction of sp³-hybridized carbons (Fsp3) is 0.400. The van der Waals surface area contributed by atoms with Gasteiger partial charge in [0.1, 0.15) is 5.01 Å². The quantitative estimate of drug-likeness (QED) is 0.882. The first-order valence-corrected chi connectivity index (χ1v) is 7.03. The summed E-state index contributed by atoms with van der Waals surface area (Å²) >= 11 is 1.71. The van der Waals surface area contributed by atoms with E-state index in [2.05, 4.69) is 32.9 Å². The largest absolute Gasteiger partial charge is 0.323 e. The van der Waals surface area contributed by atoms with Crippen LogP contribution in [0.25, 0.3) is 10.6 Å². The van der Waals surface area contributed by atoms with Crippen LogP contribution in [0.4, 0.5) is 0 Å². The first-order valence-electron chi connectivity index (χ1n) is 6.22. The minimum Gasteiger partial charge on any atom is -0.323 e. The van der Waals surface area contributed by atoms with E-state index in [1.165, 1.54) is 10.4 Å². The Bertz CT molecular complexity index is 521. The third-order valence-corrected chi connectivity index (χ3v) is 4.10. The zero-order chi connectivity index (χ0) is 13.3. The van der Waals surface area contributed by atoms with E-state index in [0.717, 1.165) is 10.7 Å². The molecule has 2 aromatic rings. The summed E-state index contributed by atoms with van der Waals surface area (Å²) in [5.41, 5.74) is 8.40. The van der Waals surface area contributed by atoms with Crippen LogP contribution in [0.15, 0.2) is 30.3 Å². The number of rotatable bonds is 2. The monoisotopic (exact) mass is 260 g/mol. The van der Waals surface area contributed by atoms with E-state index in [0.29, 0.717) is 0 Å². The second kappa shape index (κ2) is 4.82. The predicted molar refractivity (Wildman–Crippen MR) is 78.9 cm³/mol. The van der Waals surface area contributed by atoms with Crippen LogP contribution in [0, 0.1) is 0 Å². The summed E-state index contributed by atoms with van der Waals surface area (Å²) in [5, 5.41) is 1.06. The highest BCUT2D eigenvalue weighted by Crippen LogP contribution is 2.36. The molecule has 2 rings (SSSR count). The van der Waals surface area contributed by atoms with E-state index in [-0.39, 0.29) is 11.5 Å². The lowest BCUT2D eigenvalue weighted by Crippen LogP contribution is -2.17. The number of hydrogen-bond acceptors (Lipinski definition) is 3. The van der Waals surface area contributed by atoms with E-state index >= 15 is 0 Å². The Morgan fingerprint density at radius 1 is 1.17 bits per heavy atom. The maximum Gasteiger partial charge on any atom is 0.123 e. The molecule has 3 heteroatoms. The van der Waals surface area contributed by atoms with Gasteiger partial charge in [0.25, 0.3) is 0 Å². The lowest BCUT2D eigenvalue weighted by molar-refractivity contribution is 0.561. The molecule has 1 heterocycles. The second-order valence-electron chi connectivity index (χ2n) is 5.64. The summed E-state index contributed by atoms with van der Waals surface area (Å²) in [6.07, 6.45) is 0. The fourth-order valence-electron chi connectivity index (χ4n) is 1.88. The van der Waals surface area contributed by atoms with Crippen LogP contribution in [0.1, 0.15) is 44.3 Å². The molecule has 96 valence electrons. The molecule has 0 saturated carbocycles. The number of nitrogens with zero attached hydrogens (tertiary/aromatic N) is 1. The van der Waals surface area contributed by atoms with Crippen molar-refractivity contribution in [3.63, 3.8) is 0 Å². The first-order chi connectivity index (χ1) is 8.39. The molecule has 0 aliphatic heterocycles. The van der Waals surface area contributed by atoms with Crippen molar-refractivity contribution in [2.75, 3.05) is 0 Å². The SMILES string of the molecule is CC(N)c1sc(-c2ccccc2)nc1C(C)(C)C. The molecule has 0 fully saturated rings. The Morgan fingerprint density at radius 2 is 1.78 bits per heavy atom. The van der Waals surface area contributed by atoms with E-state index in [9.17, 15) is 0 Å². The average Bonchev–Trinajstić information content (AvgIpc) is 2.74. The maximum absolute atomic E-state index is 6.07. The van der Waals surface area contributed by atoms with E-state index in [4.69, 9.17) is 10.7 Å². The summed E-state index contributed by atoms with van der Waals surface area (Å²) in [7, 11) is 0. The van der Waals surface area contributed by atoms with E-state index in [1.54, 1.807) is 11.3 Å². The lowest BCUT2D eigenvalue weighted by Gasteiger charge is -2.18. The van der Waals surface area contributed by atoms with Crippen molar-refractivity contribution in [1.82, 2.24) is 4.98 Å². The second-order valence-corrected chi connectivity index (χ2v) is 6.67. The molecule has 0 amide bonds. The summed E-state index contributed by atoms with van der Waals surface area (Å²) in [4.78, 5) is 6.01. The molecule has 1 aromatic carbocycles. The van der Waals surface area contributed by atoms with Gasteiger partial charge < -0.3 is 5.73 Å². The Hall–Kier alpha value is -1.19. The molecule has 0 bridgehead atoms. The van der Waals surface area contributed by atoms with Gasteiger partial charge in [-0.1, -0.05) is 51.1 Å². The molecule has 18 heavy (non-hydrogen) atoms. The molecule has 0 spiro atoms. The molecular formula is C15H20N2S. The molecular weight excluding hydrogens is 240 g/mol. The number of benzene rings is 1. The van der Waals surface area contributed by atoms with Crippen LogP contribution in [-0.2, 0) is 5.41 Å². The molecule has 2 nitrogen and oxygen atoms in total. The van der Waals surface area contributed by atoms with Gasteiger partial charge in [0.15, 0.2) is 0 Å². The molecule has 0 saturated heterocycles. The summed E-state index contributed by atoms with van der Waals surface area (Å²) in [5.74, 6) is 0. The standard InChI is InChI=1S/C15H20N2S/c1-10(16)12-13(15(2,3)4)17-14(18-12)11-8-6-5-7-9-11/h5-10H,16H2,1-4H3. The van der Waals surface area contributed by atoms with Gasteiger partial charge in [-0.2, -0.15) is 0 Å².